The van der Waals surface area contributed by atoms with E-state index in [2.05, 4.69) is 15.3 Å². The number of aromatic nitrogens is 2. The number of rotatable bonds is 3. The highest BCUT2D eigenvalue weighted by molar-refractivity contribution is 6.37. The normalized spacial score (nSPS) is 18.5. The summed E-state index contributed by atoms with van der Waals surface area (Å²) in [5.41, 5.74) is -0.498. The fourth-order valence-corrected chi connectivity index (χ4v) is 4.98. The maximum Gasteiger partial charge on any atom is 0.339 e. The molecule has 1 N–H and O–H groups in total. The van der Waals surface area contributed by atoms with Gasteiger partial charge in [0.05, 0.1) is 22.9 Å². The number of benzene rings is 2. The first kappa shape index (κ1) is 21.7. The van der Waals surface area contributed by atoms with Crippen LogP contribution in [0.4, 0.5) is 5.69 Å². The molecule has 7 nitrogen and oxygen atoms in total. The average Bonchev–Trinajstić information content (AvgIpc) is 3.07. The summed E-state index contributed by atoms with van der Waals surface area (Å²) in [6.07, 6.45) is 0. The summed E-state index contributed by atoms with van der Waals surface area (Å²) < 4.78 is 11.5. The lowest BCUT2D eigenvalue weighted by Gasteiger charge is -2.36. The summed E-state index contributed by atoms with van der Waals surface area (Å²) in [7, 11) is 0. The Kier molecular flexibility index (Phi) is 5.28. The summed E-state index contributed by atoms with van der Waals surface area (Å²) in [6.45, 7) is 1.74. The highest BCUT2D eigenvalue weighted by atomic mass is 35.5. The number of hydrogen-bond acceptors (Lipinski definition) is 6. The van der Waals surface area contributed by atoms with Crippen LogP contribution in [0.1, 0.15) is 23.6 Å². The van der Waals surface area contributed by atoms with Gasteiger partial charge in [-0.3, -0.25) is 4.79 Å². The molecular formula is C23H14Cl3N3O4. The number of nitrogens with one attached hydrogen (secondary N) is 1. The molecule has 0 saturated carbocycles. The predicted molar refractivity (Wildman–Crippen MR) is 124 cm³/mol. The number of fused-ring (bicyclic) bond motifs is 4. The van der Waals surface area contributed by atoms with Crippen LogP contribution in [0.3, 0.4) is 0 Å². The molecule has 3 aromatic rings. The van der Waals surface area contributed by atoms with Crippen molar-refractivity contribution in [3.8, 4) is 5.88 Å². The monoisotopic (exact) mass is 501 g/mol. The van der Waals surface area contributed by atoms with Crippen molar-refractivity contribution < 1.29 is 19.1 Å². The van der Waals surface area contributed by atoms with Gasteiger partial charge in [0.2, 0.25) is 17.1 Å². The van der Waals surface area contributed by atoms with Crippen molar-refractivity contribution in [2.75, 3.05) is 11.9 Å². The minimum Gasteiger partial charge on any atom is -0.462 e. The SMILES string of the molecule is CCOC(=O)C1=C(c2ccccc2)Oc2nc(Cl)nc(Cl)c2C12C(=O)Nc1c(Cl)cccc12. The van der Waals surface area contributed by atoms with Gasteiger partial charge in [0.25, 0.3) is 0 Å². The van der Waals surface area contributed by atoms with E-state index < -0.39 is 17.3 Å². The van der Waals surface area contributed by atoms with Gasteiger partial charge in [-0.1, -0.05) is 65.7 Å². The molecule has 1 unspecified atom stereocenters. The molecule has 3 heterocycles. The lowest BCUT2D eigenvalue weighted by molar-refractivity contribution is -0.140. The standard InChI is InChI=1S/C23H14Cl3N3O4/c1-2-32-20(30)14-17(11-7-4-3-5-8-11)33-19-15(18(25)28-22(26)29-19)23(14)12-9-6-10-13(24)16(12)27-21(23)31/h3-10H,2H2,1H3,(H,27,31). The Balaban J connectivity index is 1.97. The molecule has 1 spiro atoms. The summed E-state index contributed by atoms with van der Waals surface area (Å²) >= 11 is 19.0. The number of ether oxygens (including phenoxy) is 2. The van der Waals surface area contributed by atoms with Gasteiger partial charge >= 0.3 is 5.97 Å². The van der Waals surface area contributed by atoms with E-state index in [1.165, 1.54) is 0 Å². The van der Waals surface area contributed by atoms with Gasteiger partial charge in [0.1, 0.15) is 21.9 Å². The number of esters is 1. The van der Waals surface area contributed by atoms with Crippen LogP contribution in [-0.4, -0.2) is 28.5 Å². The van der Waals surface area contributed by atoms with E-state index in [4.69, 9.17) is 44.3 Å². The molecule has 2 aliphatic rings. The zero-order chi connectivity index (χ0) is 23.3. The van der Waals surface area contributed by atoms with Crippen LogP contribution in [0, 0.1) is 0 Å². The molecule has 0 fully saturated rings. The molecule has 10 heteroatoms. The van der Waals surface area contributed by atoms with Crippen molar-refractivity contribution in [3.63, 3.8) is 0 Å². The lowest BCUT2D eigenvalue weighted by Crippen LogP contribution is -2.45. The molecule has 33 heavy (non-hydrogen) atoms. The molecule has 1 atom stereocenters. The molecule has 166 valence electrons. The second kappa shape index (κ2) is 8.02. The van der Waals surface area contributed by atoms with E-state index in [0.717, 1.165) is 0 Å². The fourth-order valence-electron chi connectivity index (χ4n) is 4.25. The number of amides is 1. The Morgan fingerprint density at radius 1 is 1.09 bits per heavy atom. The second-order valence-electron chi connectivity index (χ2n) is 7.22. The van der Waals surface area contributed by atoms with Crippen molar-refractivity contribution in [1.82, 2.24) is 9.97 Å². The largest absolute Gasteiger partial charge is 0.462 e. The van der Waals surface area contributed by atoms with Crippen LogP contribution in [0.2, 0.25) is 15.5 Å². The Morgan fingerprint density at radius 2 is 1.85 bits per heavy atom. The highest BCUT2D eigenvalue weighted by Crippen LogP contribution is 2.57. The average molecular weight is 503 g/mol. The van der Waals surface area contributed by atoms with E-state index in [0.29, 0.717) is 21.8 Å². The molecule has 1 aromatic heterocycles. The molecule has 0 saturated heterocycles. The molecule has 0 radical (unpaired) electrons. The number of hydrogen-bond donors (Lipinski definition) is 1. The molecular weight excluding hydrogens is 489 g/mol. The zero-order valence-electron chi connectivity index (χ0n) is 17.0. The fraction of sp³-hybridized carbons (Fsp3) is 0.130. The maximum absolute atomic E-state index is 13.8. The molecule has 0 aliphatic carbocycles. The van der Waals surface area contributed by atoms with Gasteiger partial charge in [-0.2, -0.15) is 4.98 Å². The summed E-state index contributed by atoms with van der Waals surface area (Å²) in [5.74, 6) is -1.28. The number of nitrogens with zero attached hydrogens (tertiary/aromatic N) is 2. The number of halogens is 3. The van der Waals surface area contributed by atoms with Crippen molar-refractivity contribution in [1.29, 1.82) is 0 Å². The molecule has 1 amide bonds. The Bertz CT molecular complexity index is 1360. The molecule has 2 aliphatic heterocycles. The van der Waals surface area contributed by atoms with E-state index in [1.54, 1.807) is 49.4 Å². The van der Waals surface area contributed by atoms with Crippen molar-refractivity contribution in [3.05, 3.63) is 86.3 Å². The van der Waals surface area contributed by atoms with Gasteiger partial charge in [-0.25, -0.2) is 9.78 Å². The van der Waals surface area contributed by atoms with Crippen LogP contribution in [0.5, 0.6) is 5.88 Å². The van der Waals surface area contributed by atoms with Crippen LogP contribution in [-0.2, 0) is 19.7 Å². The number of carbonyl (C=O) groups is 2. The van der Waals surface area contributed by atoms with Gasteiger partial charge in [0, 0.05) is 11.1 Å². The quantitative estimate of drug-likeness (QED) is 0.306. The summed E-state index contributed by atoms with van der Waals surface area (Å²) in [6, 6.07) is 13.8. The van der Waals surface area contributed by atoms with Gasteiger partial charge < -0.3 is 14.8 Å². The first-order chi connectivity index (χ1) is 15.9. The Hall–Kier alpha value is -3.13. The maximum atomic E-state index is 13.8. The van der Waals surface area contributed by atoms with E-state index in [-0.39, 0.29) is 39.8 Å². The van der Waals surface area contributed by atoms with Crippen molar-refractivity contribution in [2.45, 2.75) is 12.3 Å². The minimum absolute atomic E-state index is 0.0464. The molecule has 0 bridgehead atoms. The van der Waals surface area contributed by atoms with Crippen LogP contribution in [0.25, 0.3) is 5.76 Å². The summed E-state index contributed by atoms with van der Waals surface area (Å²) in [4.78, 5) is 35.5. The zero-order valence-corrected chi connectivity index (χ0v) is 19.3. The number of anilines is 1. The third kappa shape index (κ3) is 3.11. The van der Waals surface area contributed by atoms with E-state index in [9.17, 15) is 9.59 Å². The van der Waals surface area contributed by atoms with E-state index >= 15 is 0 Å². The highest BCUT2D eigenvalue weighted by Gasteiger charge is 2.61. The third-order valence-corrected chi connectivity index (χ3v) is 6.25. The molecule has 2 aromatic carbocycles. The van der Waals surface area contributed by atoms with Crippen molar-refractivity contribution in [2.24, 2.45) is 0 Å². The van der Waals surface area contributed by atoms with Crippen LogP contribution in [0.15, 0.2) is 54.1 Å². The number of para-hydroxylation sites is 1. The minimum atomic E-state index is -1.78. The van der Waals surface area contributed by atoms with Crippen LogP contribution >= 0.6 is 34.8 Å². The Morgan fingerprint density at radius 3 is 2.58 bits per heavy atom. The smallest absolute Gasteiger partial charge is 0.339 e. The van der Waals surface area contributed by atoms with Crippen molar-refractivity contribution >= 4 is 58.1 Å². The predicted octanol–water partition coefficient (Wildman–Crippen LogP) is 5.04. The van der Waals surface area contributed by atoms with Gasteiger partial charge in [0.15, 0.2) is 0 Å². The summed E-state index contributed by atoms with van der Waals surface area (Å²) in [5, 5.41) is 2.77. The van der Waals surface area contributed by atoms with Gasteiger partial charge in [-0.15, -0.1) is 0 Å². The first-order valence-corrected chi connectivity index (χ1v) is 11.0. The molecule has 5 rings (SSSR count). The number of carbonyl (C=O) groups excluding carboxylic acids is 2. The van der Waals surface area contributed by atoms with Gasteiger partial charge in [-0.05, 0) is 24.6 Å². The third-order valence-electron chi connectivity index (χ3n) is 5.49. The van der Waals surface area contributed by atoms with E-state index in [1.807, 2.05) is 6.07 Å². The second-order valence-corrected chi connectivity index (χ2v) is 8.33. The lowest BCUT2D eigenvalue weighted by atomic mass is 9.68. The topological polar surface area (TPSA) is 90.4 Å². The van der Waals surface area contributed by atoms with Crippen LogP contribution < -0.4 is 10.1 Å². The Labute approximate surface area is 203 Å². The first-order valence-electron chi connectivity index (χ1n) is 9.88.